The molecule has 7 heteroatoms. The molecule has 0 fully saturated rings. The van der Waals surface area contributed by atoms with Crippen LogP contribution in [0, 0.1) is 0 Å². The van der Waals surface area contributed by atoms with Crippen LogP contribution in [0.2, 0.25) is 0 Å². The van der Waals surface area contributed by atoms with Gasteiger partial charge in [-0.2, -0.15) is 13.2 Å². The van der Waals surface area contributed by atoms with Crippen molar-refractivity contribution < 1.29 is 13.2 Å². The zero-order chi connectivity index (χ0) is 12.5. The predicted molar refractivity (Wildman–Crippen MR) is 59.9 cm³/mol. The van der Waals surface area contributed by atoms with E-state index < -0.39 is 11.9 Å². The number of nitrogens with zero attached hydrogens (tertiary/aromatic N) is 2. The lowest BCUT2D eigenvalue weighted by molar-refractivity contribution is -0.140. The summed E-state index contributed by atoms with van der Waals surface area (Å²) in [7, 11) is 1.44. The summed E-state index contributed by atoms with van der Waals surface area (Å²) in [5.41, 5.74) is -0.312. The molecule has 17 heavy (non-hydrogen) atoms. The summed E-state index contributed by atoms with van der Waals surface area (Å²) in [6.07, 6.45) is -1.41. The Balaban J connectivity index is 2.49. The van der Waals surface area contributed by atoms with Crippen molar-refractivity contribution in [3.05, 3.63) is 30.2 Å². The molecule has 90 valence electrons. The molecular formula is C10H8F3N3S. The molecule has 2 aromatic rings. The summed E-state index contributed by atoms with van der Waals surface area (Å²) >= 11 is 0.957. The second-order valence-electron chi connectivity index (χ2n) is 3.19. The topological polar surface area (TPSA) is 37.8 Å². The molecule has 2 aromatic heterocycles. The van der Waals surface area contributed by atoms with Crippen LogP contribution in [0.1, 0.15) is 5.69 Å². The number of aromatic nitrogens is 2. The molecule has 0 bridgehead atoms. The first-order valence-electron chi connectivity index (χ1n) is 4.68. The molecule has 3 nitrogen and oxygen atoms in total. The Kier molecular flexibility index (Phi) is 3.01. The molecule has 2 heterocycles. The Labute approximate surface area is 99.3 Å². The molecule has 0 saturated carbocycles. The molecule has 0 radical (unpaired) electrons. The molecule has 0 spiro atoms. The van der Waals surface area contributed by atoms with Gasteiger partial charge in [-0.3, -0.25) is 4.98 Å². The van der Waals surface area contributed by atoms with Crippen molar-refractivity contribution in [2.24, 2.45) is 0 Å². The molecular weight excluding hydrogens is 251 g/mol. The van der Waals surface area contributed by atoms with Gasteiger partial charge >= 0.3 is 6.18 Å². The number of alkyl halides is 3. The Bertz CT molecular complexity index is 507. The number of hydrogen-bond acceptors (Lipinski definition) is 4. The van der Waals surface area contributed by atoms with Crippen molar-refractivity contribution in [2.45, 2.75) is 6.18 Å². The first-order chi connectivity index (χ1) is 8.02. The van der Waals surface area contributed by atoms with E-state index in [4.69, 9.17) is 0 Å². The van der Waals surface area contributed by atoms with Gasteiger partial charge in [0.1, 0.15) is 10.0 Å². The maximum Gasteiger partial charge on any atom is 0.436 e. The standard InChI is InChI=1S/C10H8F3N3S/c1-14-9-7(10(11,12)13)16-8(17-9)6-3-2-4-15-5-6/h2-5,14H,1H3. The number of anilines is 1. The minimum atomic E-state index is -4.45. The van der Waals surface area contributed by atoms with Crippen molar-refractivity contribution in [1.82, 2.24) is 9.97 Å². The smallest absolute Gasteiger partial charge is 0.378 e. The lowest BCUT2D eigenvalue weighted by Gasteiger charge is -2.04. The van der Waals surface area contributed by atoms with Crippen LogP contribution in [0.3, 0.4) is 0 Å². The van der Waals surface area contributed by atoms with Gasteiger partial charge in [-0.25, -0.2) is 4.98 Å². The summed E-state index contributed by atoms with van der Waals surface area (Å²) < 4.78 is 38.0. The van der Waals surface area contributed by atoms with Crippen molar-refractivity contribution in [3.63, 3.8) is 0 Å². The molecule has 0 atom stereocenters. The number of thiazole rings is 1. The third-order valence-corrected chi connectivity index (χ3v) is 3.15. The second kappa shape index (κ2) is 4.33. The fraction of sp³-hybridized carbons (Fsp3) is 0.200. The van der Waals surface area contributed by atoms with Gasteiger partial charge in [0.25, 0.3) is 0 Å². The number of nitrogens with one attached hydrogen (secondary N) is 1. The van der Waals surface area contributed by atoms with Crippen molar-refractivity contribution in [1.29, 1.82) is 0 Å². The number of pyridine rings is 1. The Morgan fingerprint density at radius 1 is 1.35 bits per heavy atom. The van der Waals surface area contributed by atoms with Crippen LogP contribution in [0.25, 0.3) is 10.6 Å². The van der Waals surface area contributed by atoms with Crippen molar-refractivity contribution in [3.8, 4) is 10.6 Å². The van der Waals surface area contributed by atoms with E-state index in [1.54, 1.807) is 18.3 Å². The first kappa shape index (κ1) is 11.8. The number of hydrogen-bond donors (Lipinski definition) is 1. The molecule has 0 amide bonds. The van der Waals surface area contributed by atoms with E-state index in [1.165, 1.54) is 13.2 Å². The predicted octanol–water partition coefficient (Wildman–Crippen LogP) is 3.27. The summed E-state index contributed by atoms with van der Waals surface area (Å²) in [5.74, 6) is 0. The molecule has 0 aromatic carbocycles. The summed E-state index contributed by atoms with van der Waals surface area (Å²) in [4.78, 5) is 7.47. The van der Waals surface area contributed by atoms with Gasteiger partial charge in [0, 0.05) is 25.0 Å². The highest BCUT2D eigenvalue weighted by atomic mass is 32.1. The molecule has 0 aliphatic heterocycles. The van der Waals surface area contributed by atoms with Crippen molar-refractivity contribution >= 4 is 16.3 Å². The first-order valence-corrected chi connectivity index (χ1v) is 5.50. The van der Waals surface area contributed by atoms with Crippen LogP contribution < -0.4 is 5.32 Å². The lowest BCUT2D eigenvalue weighted by atomic mass is 10.3. The van der Waals surface area contributed by atoms with Crippen LogP contribution >= 0.6 is 11.3 Å². The van der Waals surface area contributed by atoms with Crippen LogP contribution in [-0.2, 0) is 6.18 Å². The van der Waals surface area contributed by atoms with Crippen LogP contribution in [0.15, 0.2) is 24.5 Å². The Hall–Kier alpha value is -1.63. The van der Waals surface area contributed by atoms with E-state index in [0.717, 1.165) is 11.3 Å². The molecule has 2 rings (SSSR count). The van der Waals surface area contributed by atoms with Gasteiger partial charge in [-0.15, -0.1) is 0 Å². The fourth-order valence-electron chi connectivity index (χ4n) is 1.29. The van der Waals surface area contributed by atoms with Gasteiger partial charge in [-0.05, 0) is 12.1 Å². The van der Waals surface area contributed by atoms with Crippen LogP contribution in [0.4, 0.5) is 18.2 Å². The van der Waals surface area contributed by atoms with E-state index in [0.29, 0.717) is 10.6 Å². The SMILES string of the molecule is CNc1sc(-c2cccnc2)nc1C(F)(F)F. The van der Waals surface area contributed by atoms with E-state index in [9.17, 15) is 13.2 Å². The van der Waals surface area contributed by atoms with E-state index in [2.05, 4.69) is 15.3 Å². The maximum atomic E-state index is 12.7. The summed E-state index contributed by atoms with van der Waals surface area (Å²) in [5, 5.41) is 2.82. The van der Waals surface area contributed by atoms with Crippen LogP contribution in [-0.4, -0.2) is 17.0 Å². The summed E-state index contributed by atoms with van der Waals surface area (Å²) in [6, 6.07) is 3.33. The highest BCUT2D eigenvalue weighted by Gasteiger charge is 2.37. The van der Waals surface area contributed by atoms with Gasteiger partial charge < -0.3 is 5.32 Å². The largest absolute Gasteiger partial charge is 0.436 e. The molecule has 1 N–H and O–H groups in total. The van der Waals surface area contributed by atoms with E-state index in [-0.39, 0.29) is 5.00 Å². The monoisotopic (exact) mass is 259 g/mol. The van der Waals surface area contributed by atoms with Gasteiger partial charge in [0.15, 0.2) is 5.69 Å². The molecule has 0 saturated heterocycles. The zero-order valence-electron chi connectivity index (χ0n) is 8.75. The quantitative estimate of drug-likeness (QED) is 0.899. The minimum absolute atomic E-state index is 0.0105. The van der Waals surface area contributed by atoms with E-state index in [1.807, 2.05) is 0 Å². The average molecular weight is 259 g/mol. The minimum Gasteiger partial charge on any atom is -0.378 e. The average Bonchev–Trinajstić information content (AvgIpc) is 2.74. The molecule has 0 unspecified atom stereocenters. The Morgan fingerprint density at radius 3 is 2.59 bits per heavy atom. The third-order valence-electron chi connectivity index (χ3n) is 2.03. The van der Waals surface area contributed by atoms with Crippen molar-refractivity contribution in [2.75, 3.05) is 12.4 Å². The normalized spacial score (nSPS) is 11.5. The van der Waals surface area contributed by atoms with Gasteiger partial charge in [0.05, 0.1) is 0 Å². The maximum absolute atomic E-state index is 12.7. The number of rotatable bonds is 2. The summed E-state index contributed by atoms with van der Waals surface area (Å²) in [6.45, 7) is 0. The highest BCUT2D eigenvalue weighted by molar-refractivity contribution is 7.19. The lowest BCUT2D eigenvalue weighted by Crippen LogP contribution is -2.08. The molecule has 0 aliphatic carbocycles. The van der Waals surface area contributed by atoms with E-state index >= 15 is 0 Å². The fourth-order valence-corrected chi connectivity index (χ4v) is 2.22. The Morgan fingerprint density at radius 2 is 2.12 bits per heavy atom. The highest BCUT2D eigenvalue weighted by Crippen LogP contribution is 2.40. The number of halogens is 3. The zero-order valence-corrected chi connectivity index (χ0v) is 9.56. The van der Waals surface area contributed by atoms with Gasteiger partial charge in [-0.1, -0.05) is 11.3 Å². The molecule has 0 aliphatic rings. The third kappa shape index (κ3) is 2.38. The van der Waals surface area contributed by atoms with Gasteiger partial charge in [0.2, 0.25) is 0 Å². The second-order valence-corrected chi connectivity index (χ2v) is 4.19. The van der Waals surface area contributed by atoms with Crippen LogP contribution in [0.5, 0.6) is 0 Å².